The van der Waals surface area contributed by atoms with Crippen LogP contribution < -0.4 is 10.6 Å². The normalized spacial score (nSPS) is 18.6. The van der Waals surface area contributed by atoms with Gasteiger partial charge < -0.3 is 10.6 Å². The molecule has 1 aromatic carbocycles. The number of nitrogens with one attached hydrogen (secondary N) is 2. The first kappa shape index (κ1) is 14.6. The summed E-state index contributed by atoms with van der Waals surface area (Å²) in [5.74, 6) is -0.213. The van der Waals surface area contributed by atoms with Crippen molar-refractivity contribution in [3.8, 4) is 0 Å². The predicted octanol–water partition coefficient (Wildman–Crippen LogP) is 3.46. The van der Waals surface area contributed by atoms with E-state index in [0.29, 0.717) is 18.0 Å². The molecule has 1 aromatic rings. The molecule has 2 rings (SSSR count). The van der Waals surface area contributed by atoms with Gasteiger partial charge in [-0.2, -0.15) is 0 Å². The van der Waals surface area contributed by atoms with Crippen molar-refractivity contribution in [2.45, 2.75) is 19.3 Å². The number of anilines is 1. The van der Waals surface area contributed by atoms with E-state index < -0.39 is 5.82 Å². The highest BCUT2D eigenvalue weighted by atomic mass is 35.5. The highest BCUT2D eigenvalue weighted by Gasteiger charge is 2.16. The lowest BCUT2D eigenvalue weighted by molar-refractivity contribution is -0.116. The zero-order valence-corrected chi connectivity index (χ0v) is 11.8. The molecule has 0 saturated carbocycles. The van der Waals surface area contributed by atoms with E-state index in [-0.39, 0.29) is 16.0 Å². The Morgan fingerprint density at radius 2 is 2.11 bits per heavy atom. The molecular weight excluding hydrogens is 290 g/mol. The number of hydrogen-bond donors (Lipinski definition) is 2. The molecule has 0 aliphatic carbocycles. The van der Waals surface area contributed by atoms with Crippen molar-refractivity contribution in [1.82, 2.24) is 5.32 Å². The minimum atomic E-state index is -0.668. The average Bonchev–Trinajstić information content (AvgIpc) is 2.86. The van der Waals surface area contributed by atoms with E-state index in [2.05, 4.69) is 10.6 Å². The van der Waals surface area contributed by atoms with E-state index in [1.54, 1.807) is 0 Å². The minimum Gasteiger partial charge on any atom is -0.326 e. The van der Waals surface area contributed by atoms with E-state index in [1.165, 1.54) is 12.1 Å². The van der Waals surface area contributed by atoms with Gasteiger partial charge in [0, 0.05) is 12.1 Å². The van der Waals surface area contributed by atoms with Crippen LogP contribution in [0, 0.1) is 11.7 Å². The van der Waals surface area contributed by atoms with Gasteiger partial charge in [-0.3, -0.25) is 4.79 Å². The van der Waals surface area contributed by atoms with Crippen LogP contribution in [0.4, 0.5) is 10.1 Å². The van der Waals surface area contributed by atoms with Crippen LogP contribution in [0.15, 0.2) is 12.1 Å². The highest BCUT2D eigenvalue weighted by molar-refractivity contribution is 6.35. The van der Waals surface area contributed by atoms with Gasteiger partial charge in [0.1, 0.15) is 0 Å². The smallest absolute Gasteiger partial charge is 0.224 e. The Morgan fingerprint density at radius 1 is 1.42 bits per heavy atom. The second kappa shape index (κ2) is 6.55. The molecule has 0 spiro atoms. The van der Waals surface area contributed by atoms with E-state index in [0.717, 1.165) is 25.9 Å². The second-order valence-electron chi connectivity index (χ2n) is 4.70. The third-order valence-corrected chi connectivity index (χ3v) is 3.76. The molecule has 1 atom stereocenters. The lowest BCUT2D eigenvalue weighted by atomic mass is 10.0. The molecule has 1 heterocycles. The van der Waals surface area contributed by atoms with Crippen LogP contribution in [0.3, 0.4) is 0 Å². The highest BCUT2D eigenvalue weighted by Crippen LogP contribution is 2.27. The topological polar surface area (TPSA) is 41.1 Å². The first-order chi connectivity index (χ1) is 9.06. The Bertz CT molecular complexity index is 453. The molecule has 3 nitrogen and oxygen atoms in total. The summed E-state index contributed by atoms with van der Waals surface area (Å²) in [4.78, 5) is 11.8. The summed E-state index contributed by atoms with van der Waals surface area (Å²) in [6.45, 7) is 2.00. The second-order valence-corrected chi connectivity index (χ2v) is 5.51. The monoisotopic (exact) mass is 304 g/mol. The quantitative estimate of drug-likeness (QED) is 0.836. The molecule has 104 valence electrons. The molecule has 1 unspecified atom stereocenters. The van der Waals surface area contributed by atoms with Crippen molar-refractivity contribution in [3.63, 3.8) is 0 Å². The standard InChI is InChI=1S/C13H15Cl2FN2O/c14-10-5-9(6-11(15)13(10)16)18-12(19)2-1-8-3-4-17-7-8/h5-6,8,17H,1-4,7H2,(H,18,19). The molecule has 0 bridgehead atoms. The van der Waals surface area contributed by atoms with Crippen LogP contribution >= 0.6 is 23.2 Å². The van der Waals surface area contributed by atoms with Crippen LogP contribution in [0.2, 0.25) is 10.0 Å². The number of carbonyl (C=O) groups excluding carboxylic acids is 1. The molecule has 6 heteroatoms. The first-order valence-electron chi connectivity index (χ1n) is 6.21. The largest absolute Gasteiger partial charge is 0.326 e. The number of carbonyl (C=O) groups is 1. The van der Waals surface area contributed by atoms with Crippen molar-refractivity contribution in [2.24, 2.45) is 5.92 Å². The Kier molecular flexibility index (Phi) is 5.02. The lowest BCUT2D eigenvalue weighted by Crippen LogP contribution is -2.15. The van der Waals surface area contributed by atoms with Crippen LogP contribution in [0.25, 0.3) is 0 Å². The van der Waals surface area contributed by atoms with Gasteiger partial charge >= 0.3 is 0 Å². The molecule has 1 saturated heterocycles. The molecule has 0 aromatic heterocycles. The molecule has 1 amide bonds. The van der Waals surface area contributed by atoms with E-state index in [1.807, 2.05) is 0 Å². The van der Waals surface area contributed by atoms with Gasteiger partial charge in [0.25, 0.3) is 0 Å². The molecule has 2 N–H and O–H groups in total. The van der Waals surface area contributed by atoms with Crippen molar-refractivity contribution in [2.75, 3.05) is 18.4 Å². The van der Waals surface area contributed by atoms with Gasteiger partial charge in [-0.1, -0.05) is 23.2 Å². The van der Waals surface area contributed by atoms with Gasteiger partial charge in [-0.25, -0.2) is 4.39 Å². The summed E-state index contributed by atoms with van der Waals surface area (Å²) >= 11 is 11.3. The predicted molar refractivity (Wildman–Crippen MR) is 75.3 cm³/mol. The fraction of sp³-hybridized carbons (Fsp3) is 0.462. The number of rotatable bonds is 4. The number of benzene rings is 1. The lowest BCUT2D eigenvalue weighted by Gasteiger charge is -2.09. The van der Waals surface area contributed by atoms with Gasteiger partial charge in [0.2, 0.25) is 5.91 Å². The summed E-state index contributed by atoms with van der Waals surface area (Å²) in [5, 5.41) is 5.75. The fourth-order valence-corrected chi connectivity index (χ4v) is 2.63. The maximum atomic E-state index is 13.2. The van der Waals surface area contributed by atoms with Crippen molar-refractivity contribution >= 4 is 34.8 Å². The maximum Gasteiger partial charge on any atom is 0.224 e. The average molecular weight is 305 g/mol. The van der Waals surface area contributed by atoms with Gasteiger partial charge in [0.15, 0.2) is 5.82 Å². The Balaban J connectivity index is 1.87. The number of amides is 1. The number of hydrogen-bond acceptors (Lipinski definition) is 2. The third kappa shape index (κ3) is 4.06. The molecular formula is C13H15Cl2FN2O. The molecule has 0 radical (unpaired) electrons. The first-order valence-corrected chi connectivity index (χ1v) is 6.97. The summed E-state index contributed by atoms with van der Waals surface area (Å²) in [6.07, 6.45) is 2.40. The van der Waals surface area contributed by atoms with Crippen LogP contribution in [0.5, 0.6) is 0 Å². The Hall–Kier alpha value is -0.840. The molecule has 1 aliphatic rings. The summed E-state index contributed by atoms with van der Waals surface area (Å²) in [5.41, 5.74) is 0.422. The van der Waals surface area contributed by atoms with Gasteiger partial charge in [-0.05, 0) is 44.0 Å². The number of halogens is 3. The molecule has 1 fully saturated rings. The van der Waals surface area contributed by atoms with Crippen molar-refractivity contribution < 1.29 is 9.18 Å². The van der Waals surface area contributed by atoms with Crippen LogP contribution in [-0.4, -0.2) is 19.0 Å². The summed E-state index contributed by atoms with van der Waals surface area (Å²) in [7, 11) is 0. The SMILES string of the molecule is O=C(CCC1CCNC1)Nc1cc(Cl)c(F)c(Cl)c1. The molecule has 19 heavy (non-hydrogen) atoms. The van der Waals surface area contributed by atoms with Gasteiger partial charge in [-0.15, -0.1) is 0 Å². The zero-order valence-electron chi connectivity index (χ0n) is 10.3. The maximum absolute atomic E-state index is 13.2. The van der Waals surface area contributed by atoms with Crippen LogP contribution in [0.1, 0.15) is 19.3 Å². The fourth-order valence-electron chi connectivity index (χ4n) is 2.15. The van der Waals surface area contributed by atoms with Crippen molar-refractivity contribution in [3.05, 3.63) is 28.0 Å². The summed E-state index contributed by atoms with van der Waals surface area (Å²) < 4.78 is 13.2. The third-order valence-electron chi connectivity index (χ3n) is 3.21. The Labute approximate surface area is 121 Å². The van der Waals surface area contributed by atoms with Crippen molar-refractivity contribution in [1.29, 1.82) is 0 Å². The summed E-state index contributed by atoms with van der Waals surface area (Å²) in [6, 6.07) is 2.72. The van der Waals surface area contributed by atoms with E-state index in [4.69, 9.17) is 23.2 Å². The molecule has 1 aliphatic heterocycles. The van der Waals surface area contributed by atoms with Crippen LogP contribution in [-0.2, 0) is 4.79 Å². The zero-order chi connectivity index (χ0) is 13.8. The van der Waals surface area contributed by atoms with E-state index >= 15 is 0 Å². The Morgan fingerprint density at radius 3 is 2.68 bits per heavy atom. The minimum absolute atomic E-state index is 0.0946. The van der Waals surface area contributed by atoms with Gasteiger partial charge in [0.05, 0.1) is 10.0 Å². The van der Waals surface area contributed by atoms with E-state index in [9.17, 15) is 9.18 Å².